The van der Waals surface area contributed by atoms with E-state index in [-0.39, 0.29) is 0 Å². The van der Waals surface area contributed by atoms with E-state index in [4.69, 9.17) is 0 Å². The Balaban J connectivity index is 2.70. The van der Waals surface area contributed by atoms with Crippen LogP contribution in [0.1, 0.15) is 0 Å². The maximum absolute atomic E-state index is 4.44. The van der Waals surface area contributed by atoms with Gasteiger partial charge in [0.25, 0.3) is 0 Å². The smallest absolute Gasteiger partial charge is 0.225 e. The molecule has 0 N–H and O–H groups in total. The molecule has 1 aromatic carbocycles. The fraction of sp³-hybridized carbons (Fsp3) is 0.200. The summed E-state index contributed by atoms with van der Waals surface area (Å²) in [6.45, 7) is 0. The van der Waals surface area contributed by atoms with Gasteiger partial charge in [0.1, 0.15) is 0 Å². The normalized spacial score (nSPS) is 10.5. The Morgan fingerprint density at radius 1 is 1.29 bits per heavy atom. The molecular weight excluding hydrogens is 242 g/mol. The van der Waals surface area contributed by atoms with Gasteiger partial charge in [-0.05, 0) is 22.0 Å². The van der Waals surface area contributed by atoms with Crippen LogP contribution in [0.4, 0.5) is 5.95 Å². The third-order valence-electron chi connectivity index (χ3n) is 1.95. The first-order chi connectivity index (χ1) is 6.68. The third kappa shape index (κ3) is 1.57. The molecule has 0 fully saturated rings. The predicted molar refractivity (Wildman–Crippen MR) is 61.6 cm³/mol. The predicted octanol–water partition coefficient (Wildman–Crippen LogP) is 2.46. The highest BCUT2D eigenvalue weighted by Gasteiger charge is 2.03. The lowest BCUT2D eigenvalue weighted by Gasteiger charge is -2.10. The fourth-order valence-electron chi connectivity index (χ4n) is 1.23. The summed E-state index contributed by atoms with van der Waals surface area (Å²) in [4.78, 5) is 10.6. The number of benzene rings is 1. The Hall–Kier alpha value is -1.16. The molecule has 14 heavy (non-hydrogen) atoms. The van der Waals surface area contributed by atoms with Gasteiger partial charge < -0.3 is 4.90 Å². The second-order valence-corrected chi connectivity index (χ2v) is 4.10. The zero-order chi connectivity index (χ0) is 10.1. The average Bonchev–Trinajstić information content (AvgIpc) is 2.18. The molecule has 0 atom stereocenters. The lowest BCUT2D eigenvalue weighted by Crippen LogP contribution is -2.12. The van der Waals surface area contributed by atoms with E-state index >= 15 is 0 Å². The molecular formula is C10H10BrN3. The number of nitrogens with zero attached hydrogens (tertiary/aromatic N) is 3. The maximum atomic E-state index is 4.44. The molecule has 0 saturated heterocycles. The first-order valence-electron chi connectivity index (χ1n) is 4.27. The molecule has 0 saturated carbocycles. The van der Waals surface area contributed by atoms with Crippen LogP contribution in [0, 0.1) is 0 Å². The highest BCUT2D eigenvalue weighted by molar-refractivity contribution is 9.10. The molecule has 3 nitrogen and oxygen atoms in total. The Morgan fingerprint density at radius 2 is 2.07 bits per heavy atom. The zero-order valence-corrected chi connectivity index (χ0v) is 9.62. The number of rotatable bonds is 1. The summed E-state index contributed by atoms with van der Waals surface area (Å²) < 4.78 is 1.00. The van der Waals surface area contributed by atoms with Gasteiger partial charge in [-0.25, -0.2) is 9.97 Å². The van der Waals surface area contributed by atoms with Gasteiger partial charge in [0.15, 0.2) is 0 Å². The molecule has 2 aromatic rings. The van der Waals surface area contributed by atoms with Gasteiger partial charge >= 0.3 is 0 Å². The standard InChI is InChI=1S/C10H10BrN3/c1-14(2)10-12-6-7-4-3-5-8(11)9(7)13-10/h3-6H,1-2H3. The van der Waals surface area contributed by atoms with E-state index in [2.05, 4.69) is 25.9 Å². The molecule has 0 aliphatic carbocycles. The number of halogens is 1. The molecule has 72 valence electrons. The maximum Gasteiger partial charge on any atom is 0.225 e. The van der Waals surface area contributed by atoms with E-state index in [1.54, 1.807) is 0 Å². The van der Waals surface area contributed by atoms with Gasteiger partial charge in [0, 0.05) is 30.2 Å². The third-order valence-corrected chi connectivity index (χ3v) is 2.59. The molecule has 4 heteroatoms. The molecule has 2 rings (SSSR count). The number of para-hydroxylation sites is 1. The second-order valence-electron chi connectivity index (χ2n) is 3.24. The molecule has 0 amide bonds. The highest BCUT2D eigenvalue weighted by atomic mass is 79.9. The lowest BCUT2D eigenvalue weighted by molar-refractivity contribution is 1.02. The molecule has 1 heterocycles. The van der Waals surface area contributed by atoms with Gasteiger partial charge in [-0.1, -0.05) is 12.1 Å². The number of fused-ring (bicyclic) bond motifs is 1. The summed E-state index contributed by atoms with van der Waals surface area (Å²) in [6.07, 6.45) is 1.84. The summed E-state index contributed by atoms with van der Waals surface area (Å²) in [5, 5.41) is 1.05. The molecule has 0 aliphatic rings. The van der Waals surface area contributed by atoms with E-state index < -0.39 is 0 Å². The van der Waals surface area contributed by atoms with Crippen molar-refractivity contribution in [3.05, 3.63) is 28.9 Å². The minimum atomic E-state index is 0.726. The molecule has 0 bridgehead atoms. The van der Waals surface area contributed by atoms with Crippen molar-refractivity contribution in [3.8, 4) is 0 Å². The van der Waals surface area contributed by atoms with Crippen LogP contribution in [0.15, 0.2) is 28.9 Å². The topological polar surface area (TPSA) is 29.0 Å². The Bertz CT molecular complexity index is 468. The van der Waals surface area contributed by atoms with Crippen LogP contribution in [0.2, 0.25) is 0 Å². The van der Waals surface area contributed by atoms with E-state index in [1.807, 2.05) is 43.4 Å². The minimum Gasteiger partial charge on any atom is -0.347 e. The number of hydrogen-bond donors (Lipinski definition) is 0. The van der Waals surface area contributed by atoms with Crippen molar-refractivity contribution < 1.29 is 0 Å². The monoisotopic (exact) mass is 251 g/mol. The van der Waals surface area contributed by atoms with Crippen LogP contribution in [0.25, 0.3) is 10.9 Å². The van der Waals surface area contributed by atoms with Crippen LogP contribution in [-0.2, 0) is 0 Å². The number of aromatic nitrogens is 2. The second kappa shape index (κ2) is 3.53. The molecule has 0 radical (unpaired) electrons. The van der Waals surface area contributed by atoms with Crippen molar-refractivity contribution in [1.29, 1.82) is 0 Å². The van der Waals surface area contributed by atoms with Crippen LogP contribution in [0.5, 0.6) is 0 Å². The summed E-state index contributed by atoms with van der Waals surface area (Å²) in [5.41, 5.74) is 0.950. The van der Waals surface area contributed by atoms with Crippen LogP contribution in [0.3, 0.4) is 0 Å². The minimum absolute atomic E-state index is 0.726. The number of anilines is 1. The van der Waals surface area contributed by atoms with Gasteiger partial charge in [-0.15, -0.1) is 0 Å². The molecule has 0 unspecified atom stereocenters. The first-order valence-corrected chi connectivity index (χ1v) is 5.06. The Labute approximate surface area is 90.9 Å². The SMILES string of the molecule is CN(C)c1ncc2cccc(Br)c2n1. The summed E-state index contributed by atoms with van der Waals surface area (Å²) >= 11 is 3.47. The van der Waals surface area contributed by atoms with Crippen molar-refractivity contribution in [1.82, 2.24) is 9.97 Å². The van der Waals surface area contributed by atoms with Crippen LogP contribution >= 0.6 is 15.9 Å². The van der Waals surface area contributed by atoms with E-state index in [1.165, 1.54) is 0 Å². The first kappa shape index (κ1) is 9.40. The Morgan fingerprint density at radius 3 is 2.79 bits per heavy atom. The quantitative estimate of drug-likeness (QED) is 0.780. The van der Waals surface area contributed by atoms with Gasteiger partial charge in [0.2, 0.25) is 5.95 Å². The van der Waals surface area contributed by atoms with Crippen molar-refractivity contribution >= 4 is 32.8 Å². The van der Waals surface area contributed by atoms with Crippen LogP contribution < -0.4 is 4.90 Å². The lowest BCUT2D eigenvalue weighted by atomic mass is 10.2. The summed E-state index contributed by atoms with van der Waals surface area (Å²) in [7, 11) is 3.86. The van der Waals surface area contributed by atoms with Crippen molar-refractivity contribution in [2.24, 2.45) is 0 Å². The summed E-state index contributed by atoms with van der Waals surface area (Å²) in [6, 6.07) is 5.96. The van der Waals surface area contributed by atoms with E-state index in [0.717, 1.165) is 21.3 Å². The highest BCUT2D eigenvalue weighted by Crippen LogP contribution is 2.22. The molecule has 0 aliphatic heterocycles. The largest absolute Gasteiger partial charge is 0.347 e. The summed E-state index contributed by atoms with van der Waals surface area (Å²) in [5.74, 6) is 0.726. The number of hydrogen-bond acceptors (Lipinski definition) is 3. The van der Waals surface area contributed by atoms with E-state index in [9.17, 15) is 0 Å². The van der Waals surface area contributed by atoms with Gasteiger partial charge in [-0.3, -0.25) is 0 Å². The van der Waals surface area contributed by atoms with Crippen LogP contribution in [-0.4, -0.2) is 24.1 Å². The van der Waals surface area contributed by atoms with Gasteiger partial charge in [0.05, 0.1) is 5.52 Å². The average molecular weight is 252 g/mol. The van der Waals surface area contributed by atoms with Crippen molar-refractivity contribution in [2.75, 3.05) is 19.0 Å². The van der Waals surface area contributed by atoms with Gasteiger partial charge in [-0.2, -0.15) is 0 Å². The Kier molecular flexibility index (Phi) is 2.37. The molecule has 1 aromatic heterocycles. The fourth-order valence-corrected chi connectivity index (χ4v) is 1.70. The van der Waals surface area contributed by atoms with E-state index in [0.29, 0.717) is 0 Å². The zero-order valence-electron chi connectivity index (χ0n) is 8.03. The molecule has 0 spiro atoms. The van der Waals surface area contributed by atoms with Crippen molar-refractivity contribution in [3.63, 3.8) is 0 Å². The van der Waals surface area contributed by atoms with Crippen molar-refractivity contribution in [2.45, 2.75) is 0 Å².